The Bertz CT molecular complexity index is 1960. The normalized spacial score (nSPS) is 14.5. The zero-order valence-electron chi connectivity index (χ0n) is 66.4. The molecule has 0 bridgehead atoms. The van der Waals surface area contributed by atoms with Crippen molar-refractivity contribution >= 4 is 39.5 Å². The van der Waals surface area contributed by atoms with Crippen LogP contribution >= 0.6 is 15.6 Å². The lowest BCUT2D eigenvalue weighted by Gasteiger charge is -2.21. The number of hydrogen-bond acceptors (Lipinski definition) is 15. The van der Waals surface area contributed by atoms with Crippen molar-refractivity contribution in [2.75, 3.05) is 39.6 Å². The second-order valence-electron chi connectivity index (χ2n) is 30.5. The van der Waals surface area contributed by atoms with Gasteiger partial charge in [0, 0.05) is 25.7 Å². The van der Waals surface area contributed by atoms with Gasteiger partial charge in [-0.1, -0.05) is 376 Å². The highest BCUT2D eigenvalue weighted by molar-refractivity contribution is 7.47. The van der Waals surface area contributed by atoms with Crippen molar-refractivity contribution < 1.29 is 80.2 Å². The summed E-state index contributed by atoms with van der Waals surface area (Å²) in [5, 5.41) is 10.6. The number of aliphatic hydroxyl groups is 1. The number of carbonyl (C=O) groups excluding carboxylic acids is 4. The van der Waals surface area contributed by atoms with E-state index in [1.54, 1.807) is 0 Å². The molecular weight excluding hydrogens is 1320 g/mol. The fourth-order valence-corrected chi connectivity index (χ4v) is 14.2. The Balaban J connectivity index is 5.25. The zero-order chi connectivity index (χ0) is 74.4. The van der Waals surface area contributed by atoms with E-state index >= 15 is 0 Å². The van der Waals surface area contributed by atoms with E-state index in [2.05, 4.69) is 48.5 Å². The molecule has 0 radical (unpaired) electrons. The van der Waals surface area contributed by atoms with E-state index in [0.717, 1.165) is 114 Å². The topological polar surface area (TPSA) is 237 Å². The molecule has 4 unspecified atom stereocenters. The standard InChI is InChI=1S/C82H160O17P2/c1-8-11-12-13-14-15-16-17-18-19-20-21-25-31-36-41-49-56-63-79(84)92-69-77(98-81(86)65-58-51-42-37-32-26-23-22-24-30-35-40-47-54-61-74(6)9-2)71-96-100(88,89)94-67-76(83)68-95-101(90,91)97-72-78(70-93-80(85)64-57-50-45-44-48-55-62-75(7)10-3)99-82(87)66-59-52-43-38-33-28-27-29-34-39-46-53-60-73(4)5/h73-78,83H,8-72H2,1-7H3,(H,88,89)(H,90,91)/t74?,75?,76-,77-,78-/m1/s1. The summed E-state index contributed by atoms with van der Waals surface area (Å²) in [7, 11) is -9.92. The van der Waals surface area contributed by atoms with Crippen LogP contribution in [0.1, 0.15) is 427 Å². The van der Waals surface area contributed by atoms with Crippen molar-refractivity contribution in [1.29, 1.82) is 0 Å². The smallest absolute Gasteiger partial charge is 0.462 e. The van der Waals surface area contributed by atoms with E-state index in [0.29, 0.717) is 25.7 Å². The van der Waals surface area contributed by atoms with Gasteiger partial charge >= 0.3 is 39.5 Å². The average molecular weight is 1480 g/mol. The van der Waals surface area contributed by atoms with Crippen molar-refractivity contribution in [3.63, 3.8) is 0 Å². The summed E-state index contributed by atoms with van der Waals surface area (Å²) >= 11 is 0. The van der Waals surface area contributed by atoms with Crippen molar-refractivity contribution in [1.82, 2.24) is 0 Å². The van der Waals surface area contributed by atoms with Crippen LogP contribution < -0.4 is 0 Å². The van der Waals surface area contributed by atoms with Crippen LogP contribution in [-0.4, -0.2) is 96.7 Å². The van der Waals surface area contributed by atoms with Crippen LogP contribution in [0.4, 0.5) is 0 Å². The van der Waals surface area contributed by atoms with Crippen LogP contribution in [0, 0.1) is 17.8 Å². The number of esters is 4. The molecule has 0 aliphatic carbocycles. The molecule has 3 N–H and O–H groups in total. The third kappa shape index (κ3) is 73.4. The van der Waals surface area contributed by atoms with Crippen LogP contribution in [0.15, 0.2) is 0 Å². The predicted molar refractivity (Wildman–Crippen MR) is 414 cm³/mol. The molecule has 0 aliphatic rings. The van der Waals surface area contributed by atoms with Gasteiger partial charge in [-0.25, -0.2) is 9.13 Å². The predicted octanol–water partition coefficient (Wildman–Crippen LogP) is 24.5. The molecule has 0 aromatic carbocycles. The van der Waals surface area contributed by atoms with Gasteiger partial charge in [0.25, 0.3) is 0 Å². The van der Waals surface area contributed by atoms with Gasteiger partial charge in [-0.3, -0.25) is 37.3 Å². The van der Waals surface area contributed by atoms with Gasteiger partial charge in [-0.15, -0.1) is 0 Å². The fourth-order valence-electron chi connectivity index (χ4n) is 12.6. The lowest BCUT2D eigenvalue weighted by molar-refractivity contribution is -0.161. The molecule has 0 fully saturated rings. The summed E-state index contributed by atoms with van der Waals surface area (Å²) in [5.74, 6) is 0.243. The van der Waals surface area contributed by atoms with E-state index in [-0.39, 0.29) is 25.7 Å². The molecule has 0 amide bonds. The van der Waals surface area contributed by atoms with Crippen LogP contribution in [-0.2, 0) is 65.4 Å². The van der Waals surface area contributed by atoms with Crippen molar-refractivity contribution in [2.45, 2.75) is 446 Å². The molecule has 7 atom stereocenters. The molecule has 101 heavy (non-hydrogen) atoms. The number of phosphoric ester groups is 2. The molecule has 0 saturated heterocycles. The summed E-state index contributed by atoms with van der Waals surface area (Å²) in [6, 6.07) is 0. The van der Waals surface area contributed by atoms with Gasteiger partial charge in [-0.2, -0.15) is 0 Å². The molecule has 0 saturated carbocycles. The Kier molecular flexibility index (Phi) is 70.9. The molecule has 600 valence electrons. The molecule has 19 heteroatoms. The minimum absolute atomic E-state index is 0.106. The summed E-state index contributed by atoms with van der Waals surface area (Å²) in [4.78, 5) is 73.1. The number of ether oxygens (including phenoxy) is 4. The first-order chi connectivity index (χ1) is 48.8. The number of carbonyl (C=O) groups is 4. The fraction of sp³-hybridized carbons (Fsp3) is 0.951. The maximum atomic E-state index is 13.1. The Labute approximate surface area is 619 Å². The Morgan fingerprint density at radius 3 is 0.752 bits per heavy atom. The number of phosphoric acid groups is 2. The van der Waals surface area contributed by atoms with E-state index in [9.17, 15) is 43.2 Å². The lowest BCUT2D eigenvalue weighted by Crippen LogP contribution is -2.30. The number of hydrogen-bond donors (Lipinski definition) is 3. The monoisotopic (exact) mass is 1480 g/mol. The number of unbranched alkanes of at least 4 members (excludes halogenated alkanes) is 46. The second kappa shape index (κ2) is 72.3. The minimum atomic E-state index is -4.96. The molecule has 17 nitrogen and oxygen atoms in total. The molecule has 0 rings (SSSR count). The molecular formula is C82H160O17P2. The van der Waals surface area contributed by atoms with E-state index < -0.39 is 97.5 Å². The van der Waals surface area contributed by atoms with Gasteiger partial charge in [0.2, 0.25) is 0 Å². The van der Waals surface area contributed by atoms with Crippen molar-refractivity contribution in [3.05, 3.63) is 0 Å². The number of aliphatic hydroxyl groups excluding tert-OH is 1. The summed E-state index contributed by atoms with van der Waals surface area (Å²) < 4.78 is 68.8. The number of rotatable bonds is 80. The molecule has 0 aromatic heterocycles. The summed E-state index contributed by atoms with van der Waals surface area (Å²) in [5.41, 5.74) is 0. The van der Waals surface area contributed by atoms with E-state index in [1.807, 2.05) is 0 Å². The highest BCUT2D eigenvalue weighted by atomic mass is 31.2. The molecule has 0 aromatic rings. The maximum absolute atomic E-state index is 13.1. The van der Waals surface area contributed by atoms with Gasteiger partial charge in [0.1, 0.15) is 19.3 Å². The molecule has 0 heterocycles. The molecule has 0 aliphatic heterocycles. The maximum Gasteiger partial charge on any atom is 0.472 e. The lowest BCUT2D eigenvalue weighted by atomic mass is 9.99. The highest BCUT2D eigenvalue weighted by Gasteiger charge is 2.30. The van der Waals surface area contributed by atoms with Crippen LogP contribution in [0.3, 0.4) is 0 Å². The van der Waals surface area contributed by atoms with Gasteiger partial charge in [0.05, 0.1) is 26.4 Å². The van der Waals surface area contributed by atoms with Gasteiger partial charge < -0.3 is 33.8 Å². The van der Waals surface area contributed by atoms with Crippen LogP contribution in [0.25, 0.3) is 0 Å². The SMILES string of the molecule is CCCCCCCCCCCCCCCCCCCCC(=O)OC[C@H](COP(=O)(O)OC[C@@H](O)COP(=O)(O)OC[C@@H](COC(=O)CCCCCCCCC(C)CC)OC(=O)CCCCCCCCCCCCCCC(C)C)OC(=O)CCCCCCCCCCCCCCCCC(C)CC. The van der Waals surface area contributed by atoms with Gasteiger partial charge in [-0.05, 0) is 43.4 Å². The van der Waals surface area contributed by atoms with Crippen LogP contribution in [0.5, 0.6) is 0 Å². The first-order valence-corrected chi connectivity index (χ1v) is 45.4. The Morgan fingerprint density at radius 1 is 0.287 bits per heavy atom. The molecule has 0 spiro atoms. The third-order valence-corrected chi connectivity index (χ3v) is 21.8. The third-order valence-electron chi connectivity index (χ3n) is 19.9. The minimum Gasteiger partial charge on any atom is -0.462 e. The summed E-state index contributed by atoms with van der Waals surface area (Å²) in [6.45, 7) is 12.0. The summed E-state index contributed by atoms with van der Waals surface area (Å²) in [6.07, 6.45) is 61.0. The van der Waals surface area contributed by atoms with Crippen molar-refractivity contribution in [2.24, 2.45) is 17.8 Å². The van der Waals surface area contributed by atoms with Gasteiger partial charge in [0.15, 0.2) is 12.2 Å². The quantitative estimate of drug-likeness (QED) is 0.0222. The van der Waals surface area contributed by atoms with Crippen LogP contribution in [0.2, 0.25) is 0 Å². The van der Waals surface area contributed by atoms with Crippen molar-refractivity contribution in [3.8, 4) is 0 Å². The Morgan fingerprint density at radius 2 is 0.505 bits per heavy atom. The second-order valence-corrected chi connectivity index (χ2v) is 33.4. The highest BCUT2D eigenvalue weighted by Crippen LogP contribution is 2.45. The first-order valence-electron chi connectivity index (χ1n) is 42.4. The van der Waals surface area contributed by atoms with E-state index in [4.69, 9.17) is 37.0 Å². The largest absolute Gasteiger partial charge is 0.472 e. The average Bonchev–Trinajstić information content (AvgIpc) is 1.02. The first kappa shape index (κ1) is 99.1. The van der Waals surface area contributed by atoms with E-state index in [1.165, 1.54) is 231 Å². The Hall–Kier alpha value is -1.94. The zero-order valence-corrected chi connectivity index (χ0v) is 68.2.